The van der Waals surface area contributed by atoms with Gasteiger partial charge in [0.25, 0.3) is 0 Å². The van der Waals surface area contributed by atoms with Gasteiger partial charge in [-0.3, -0.25) is 4.79 Å². The predicted molar refractivity (Wildman–Crippen MR) is 106 cm³/mol. The number of benzene rings is 1. The van der Waals surface area contributed by atoms with Crippen molar-refractivity contribution in [1.82, 2.24) is 0 Å². The molecule has 3 heteroatoms. The van der Waals surface area contributed by atoms with E-state index in [-0.39, 0.29) is 18.2 Å². The van der Waals surface area contributed by atoms with Crippen molar-refractivity contribution in [2.75, 3.05) is 6.61 Å². The molecule has 0 bridgehead atoms. The molecule has 1 aromatic carbocycles. The fourth-order valence-electron chi connectivity index (χ4n) is 3.52. The predicted octanol–water partition coefficient (Wildman–Crippen LogP) is 6.31. The molecule has 0 N–H and O–H groups in total. The first-order valence-electron chi connectivity index (χ1n) is 10.6. The van der Waals surface area contributed by atoms with E-state index >= 15 is 0 Å². The van der Waals surface area contributed by atoms with E-state index in [0.717, 1.165) is 31.4 Å². The first-order valence-corrected chi connectivity index (χ1v) is 10.6. The number of ether oxygens (including phenoxy) is 2. The summed E-state index contributed by atoms with van der Waals surface area (Å²) in [6.07, 6.45) is 13.9. The van der Waals surface area contributed by atoms with Crippen molar-refractivity contribution < 1.29 is 14.3 Å². The van der Waals surface area contributed by atoms with Gasteiger partial charge in [-0.1, -0.05) is 82.2 Å². The third-order valence-corrected chi connectivity index (χ3v) is 5.17. The average molecular weight is 361 g/mol. The van der Waals surface area contributed by atoms with Crippen LogP contribution in [0.1, 0.15) is 94.3 Å². The van der Waals surface area contributed by atoms with Crippen LogP contribution in [0.3, 0.4) is 0 Å². The van der Waals surface area contributed by atoms with Crippen molar-refractivity contribution in [3.63, 3.8) is 0 Å². The minimum atomic E-state index is -0.0688. The van der Waals surface area contributed by atoms with Crippen LogP contribution >= 0.6 is 0 Å². The lowest BCUT2D eigenvalue weighted by Crippen LogP contribution is -2.32. The van der Waals surface area contributed by atoms with Crippen LogP contribution in [-0.2, 0) is 9.47 Å². The first kappa shape index (κ1) is 21.1. The molecule has 1 heterocycles. The highest BCUT2D eigenvalue weighted by molar-refractivity contribution is 5.95. The number of ketones is 1. The number of unbranched alkanes of at least 4 members (excludes halogenated alkanes) is 7. The molecule has 1 aromatic rings. The molecule has 2 atom stereocenters. The van der Waals surface area contributed by atoms with Gasteiger partial charge >= 0.3 is 0 Å². The molecule has 0 aromatic heterocycles. The lowest BCUT2D eigenvalue weighted by atomic mass is 10.0. The Morgan fingerprint density at radius 1 is 0.962 bits per heavy atom. The van der Waals surface area contributed by atoms with E-state index in [1.54, 1.807) is 0 Å². The van der Waals surface area contributed by atoms with Crippen molar-refractivity contribution in [2.24, 2.45) is 0 Å². The smallest absolute Gasteiger partial charge is 0.162 e. The van der Waals surface area contributed by atoms with E-state index in [2.05, 4.69) is 6.92 Å². The Labute approximate surface area is 159 Å². The number of Topliss-reactive ketones (excluding diaryl/α,β-unsaturated/α-hetero) is 1. The van der Waals surface area contributed by atoms with E-state index in [9.17, 15) is 4.79 Å². The van der Waals surface area contributed by atoms with Gasteiger partial charge in [0.05, 0.1) is 12.7 Å². The van der Waals surface area contributed by atoms with Gasteiger partial charge in [0.2, 0.25) is 0 Å². The van der Waals surface area contributed by atoms with Crippen molar-refractivity contribution in [2.45, 2.75) is 96.4 Å². The number of rotatable bonds is 13. The summed E-state index contributed by atoms with van der Waals surface area (Å²) in [4.78, 5) is 12.2. The summed E-state index contributed by atoms with van der Waals surface area (Å²) in [5.74, 6) is 0.209. The van der Waals surface area contributed by atoms with E-state index < -0.39 is 0 Å². The molecule has 26 heavy (non-hydrogen) atoms. The highest BCUT2D eigenvalue weighted by Gasteiger charge is 2.23. The van der Waals surface area contributed by atoms with Crippen LogP contribution in [-0.4, -0.2) is 24.8 Å². The largest absolute Gasteiger partial charge is 0.353 e. The zero-order valence-electron chi connectivity index (χ0n) is 16.5. The molecule has 0 radical (unpaired) electrons. The molecule has 146 valence electrons. The normalized spacial score (nSPS) is 20.2. The van der Waals surface area contributed by atoms with Crippen LogP contribution in [0.2, 0.25) is 0 Å². The van der Waals surface area contributed by atoms with E-state index in [4.69, 9.17) is 9.47 Å². The summed E-state index contributed by atoms with van der Waals surface area (Å²) in [5.41, 5.74) is 0.801. The van der Waals surface area contributed by atoms with Crippen molar-refractivity contribution in [3.05, 3.63) is 35.9 Å². The number of carbonyl (C=O) groups is 1. The second-order valence-corrected chi connectivity index (χ2v) is 7.44. The molecular formula is C23H36O3. The lowest BCUT2D eigenvalue weighted by molar-refractivity contribution is -0.216. The van der Waals surface area contributed by atoms with Crippen LogP contribution in [0, 0.1) is 0 Å². The standard InChI is InChI=1S/C23H36O3/c1-2-3-4-5-6-7-8-12-15-23-25-19-18-21(26-23)16-17-22(24)20-13-10-9-11-14-20/h9-11,13-14,21,23H,2-8,12,15-19H2,1H3/t21-,23+/m0/s1. The Morgan fingerprint density at radius 2 is 1.65 bits per heavy atom. The minimum Gasteiger partial charge on any atom is -0.353 e. The van der Waals surface area contributed by atoms with Gasteiger partial charge in [0.1, 0.15) is 0 Å². The zero-order chi connectivity index (χ0) is 18.5. The Morgan fingerprint density at radius 3 is 2.38 bits per heavy atom. The quantitative estimate of drug-likeness (QED) is 0.305. The summed E-state index contributed by atoms with van der Waals surface area (Å²) in [7, 11) is 0. The molecule has 1 saturated heterocycles. The van der Waals surface area contributed by atoms with Gasteiger partial charge in [0, 0.05) is 12.0 Å². The molecule has 1 fully saturated rings. The summed E-state index contributed by atoms with van der Waals surface area (Å²) < 4.78 is 11.8. The molecule has 1 aliphatic rings. The first-order chi connectivity index (χ1) is 12.8. The molecule has 0 amide bonds. The third-order valence-electron chi connectivity index (χ3n) is 5.17. The highest BCUT2D eigenvalue weighted by Crippen LogP contribution is 2.22. The number of carbonyl (C=O) groups excluding carboxylic acids is 1. The van der Waals surface area contributed by atoms with Gasteiger partial charge in [0.15, 0.2) is 12.1 Å². The molecular weight excluding hydrogens is 324 g/mol. The fourth-order valence-corrected chi connectivity index (χ4v) is 3.52. The third kappa shape index (κ3) is 8.46. The fraction of sp³-hybridized carbons (Fsp3) is 0.696. The Bertz CT molecular complexity index is 485. The summed E-state index contributed by atoms with van der Waals surface area (Å²) in [6.45, 7) is 3.01. The molecule has 0 saturated carbocycles. The van der Waals surface area contributed by atoms with Gasteiger partial charge in [-0.25, -0.2) is 0 Å². The van der Waals surface area contributed by atoms with E-state index in [1.807, 2.05) is 30.3 Å². The van der Waals surface area contributed by atoms with Crippen LogP contribution in [0.25, 0.3) is 0 Å². The topological polar surface area (TPSA) is 35.5 Å². The molecule has 0 aliphatic carbocycles. The van der Waals surface area contributed by atoms with Gasteiger partial charge in [-0.05, 0) is 25.7 Å². The molecule has 3 nitrogen and oxygen atoms in total. The maximum absolute atomic E-state index is 12.2. The van der Waals surface area contributed by atoms with Crippen LogP contribution in [0.15, 0.2) is 30.3 Å². The molecule has 0 unspecified atom stereocenters. The molecule has 0 spiro atoms. The Kier molecular flexibility index (Phi) is 10.6. The van der Waals surface area contributed by atoms with Crippen LogP contribution < -0.4 is 0 Å². The Hall–Kier alpha value is -1.19. The lowest BCUT2D eigenvalue weighted by Gasteiger charge is -2.30. The zero-order valence-corrected chi connectivity index (χ0v) is 16.5. The van der Waals surface area contributed by atoms with Gasteiger partial charge < -0.3 is 9.47 Å². The summed E-state index contributed by atoms with van der Waals surface area (Å²) in [6, 6.07) is 9.54. The number of hydrogen-bond donors (Lipinski definition) is 0. The summed E-state index contributed by atoms with van der Waals surface area (Å²) in [5, 5.41) is 0. The maximum atomic E-state index is 12.2. The van der Waals surface area contributed by atoms with E-state index in [0.29, 0.717) is 6.42 Å². The second kappa shape index (κ2) is 13.1. The highest BCUT2D eigenvalue weighted by atomic mass is 16.7. The number of hydrogen-bond acceptors (Lipinski definition) is 3. The van der Waals surface area contributed by atoms with Gasteiger partial charge in [-0.2, -0.15) is 0 Å². The van der Waals surface area contributed by atoms with Crippen LogP contribution in [0.5, 0.6) is 0 Å². The second-order valence-electron chi connectivity index (χ2n) is 7.44. The van der Waals surface area contributed by atoms with Gasteiger partial charge in [-0.15, -0.1) is 0 Å². The SMILES string of the molecule is CCCCCCCCCC[C@@H]1OCC[C@H](CCC(=O)c2ccccc2)O1. The van der Waals surface area contributed by atoms with Crippen molar-refractivity contribution in [3.8, 4) is 0 Å². The van der Waals surface area contributed by atoms with Crippen LogP contribution in [0.4, 0.5) is 0 Å². The summed E-state index contributed by atoms with van der Waals surface area (Å²) >= 11 is 0. The Balaban J connectivity index is 1.55. The van der Waals surface area contributed by atoms with E-state index in [1.165, 1.54) is 51.4 Å². The maximum Gasteiger partial charge on any atom is 0.162 e. The average Bonchev–Trinajstić information content (AvgIpc) is 2.69. The van der Waals surface area contributed by atoms with Crippen molar-refractivity contribution in [1.29, 1.82) is 0 Å². The molecule has 2 rings (SSSR count). The van der Waals surface area contributed by atoms with Crippen molar-refractivity contribution >= 4 is 5.78 Å². The molecule has 1 aliphatic heterocycles. The monoisotopic (exact) mass is 360 g/mol. The minimum absolute atomic E-state index is 0.0688.